The molecule has 0 fully saturated rings. The summed E-state index contributed by atoms with van der Waals surface area (Å²) >= 11 is 1.43. The molecular weight excluding hydrogens is 292 g/mol. The van der Waals surface area contributed by atoms with Crippen molar-refractivity contribution in [1.29, 1.82) is 0 Å². The van der Waals surface area contributed by atoms with Crippen molar-refractivity contribution in [2.75, 3.05) is 31.3 Å². The number of carbonyl (C=O) groups excluding carboxylic acids is 3. The van der Waals surface area contributed by atoms with E-state index in [0.717, 1.165) is 4.90 Å². The highest BCUT2D eigenvalue weighted by Gasteiger charge is 2.21. The van der Waals surface area contributed by atoms with Crippen LogP contribution in [0.25, 0.3) is 0 Å². The number of carbonyl (C=O) groups is 3. The zero-order chi connectivity index (χ0) is 15.4. The van der Waals surface area contributed by atoms with Crippen molar-refractivity contribution >= 4 is 35.2 Å². The van der Waals surface area contributed by atoms with Gasteiger partial charge in [0.15, 0.2) is 0 Å². The first-order valence-electron chi connectivity index (χ1n) is 6.48. The molecule has 112 valence electrons. The van der Waals surface area contributed by atoms with Crippen molar-refractivity contribution < 1.29 is 19.1 Å². The number of thioether (sulfide) groups is 1. The predicted molar refractivity (Wildman–Crippen MR) is 79.4 cm³/mol. The van der Waals surface area contributed by atoms with Crippen molar-refractivity contribution in [3.05, 3.63) is 23.8 Å². The number of esters is 1. The summed E-state index contributed by atoms with van der Waals surface area (Å²) in [5.41, 5.74) is 1.07. The predicted octanol–water partition coefficient (Wildman–Crippen LogP) is 1.37. The van der Waals surface area contributed by atoms with Crippen LogP contribution < -0.4 is 5.32 Å². The van der Waals surface area contributed by atoms with Gasteiger partial charge in [0.05, 0.1) is 18.6 Å². The van der Waals surface area contributed by atoms with E-state index in [1.807, 2.05) is 0 Å². The third-order valence-corrected chi connectivity index (χ3v) is 4.15. The Morgan fingerprint density at radius 3 is 2.86 bits per heavy atom. The van der Waals surface area contributed by atoms with Gasteiger partial charge in [0, 0.05) is 17.0 Å². The molecule has 2 rings (SSSR count). The van der Waals surface area contributed by atoms with E-state index in [1.54, 1.807) is 25.1 Å². The Kier molecular flexibility index (Phi) is 4.85. The topological polar surface area (TPSA) is 75.7 Å². The Labute approximate surface area is 126 Å². The largest absolute Gasteiger partial charge is 0.468 e. The van der Waals surface area contributed by atoms with Crippen LogP contribution >= 0.6 is 11.8 Å². The van der Waals surface area contributed by atoms with Crippen molar-refractivity contribution in [2.24, 2.45) is 0 Å². The summed E-state index contributed by atoms with van der Waals surface area (Å²) in [7, 11) is 1.28. The first-order valence-corrected chi connectivity index (χ1v) is 7.46. The van der Waals surface area contributed by atoms with Crippen molar-refractivity contribution in [2.45, 2.75) is 11.8 Å². The molecule has 0 saturated carbocycles. The monoisotopic (exact) mass is 308 g/mol. The molecule has 1 N–H and O–H groups in total. The molecule has 21 heavy (non-hydrogen) atoms. The second-order valence-corrected chi connectivity index (χ2v) is 5.46. The number of fused-ring (bicyclic) bond motifs is 1. The number of nitrogens with zero attached hydrogens (tertiary/aromatic N) is 1. The lowest BCUT2D eigenvalue weighted by Crippen LogP contribution is -2.36. The van der Waals surface area contributed by atoms with Crippen molar-refractivity contribution in [3.8, 4) is 0 Å². The van der Waals surface area contributed by atoms with Gasteiger partial charge in [-0.25, -0.2) is 0 Å². The Balaban J connectivity index is 2.20. The SMILES string of the molecule is CCN(CC(=O)OC)C(=O)c1ccc2c(c1)NC(=O)CS2. The van der Waals surface area contributed by atoms with E-state index in [-0.39, 0.29) is 18.4 Å². The third kappa shape index (κ3) is 3.55. The van der Waals surface area contributed by atoms with Gasteiger partial charge in [-0.3, -0.25) is 14.4 Å². The first-order chi connectivity index (χ1) is 10.0. The Bertz CT molecular complexity index is 588. The molecule has 7 heteroatoms. The lowest BCUT2D eigenvalue weighted by Gasteiger charge is -2.21. The Morgan fingerprint density at radius 1 is 1.43 bits per heavy atom. The number of ether oxygens (including phenoxy) is 1. The van der Waals surface area contributed by atoms with E-state index < -0.39 is 5.97 Å². The van der Waals surface area contributed by atoms with Crippen LogP contribution in [0.1, 0.15) is 17.3 Å². The van der Waals surface area contributed by atoms with E-state index in [2.05, 4.69) is 10.1 Å². The van der Waals surface area contributed by atoms with Crippen LogP contribution in [0.5, 0.6) is 0 Å². The minimum atomic E-state index is -0.466. The number of hydrogen-bond acceptors (Lipinski definition) is 5. The molecule has 6 nitrogen and oxygen atoms in total. The summed E-state index contributed by atoms with van der Waals surface area (Å²) in [4.78, 5) is 37.4. The smallest absolute Gasteiger partial charge is 0.325 e. The molecule has 0 aromatic heterocycles. The maximum absolute atomic E-state index is 12.4. The fraction of sp³-hybridized carbons (Fsp3) is 0.357. The van der Waals surface area contributed by atoms with Gasteiger partial charge in [-0.2, -0.15) is 0 Å². The number of rotatable bonds is 4. The maximum atomic E-state index is 12.4. The third-order valence-electron chi connectivity index (χ3n) is 3.08. The molecule has 1 aromatic carbocycles. The number of anilines is 1. The average molecular weight is 308 g/mol. The number of amides is 2. The minimum absolute atomic E-state index is 0.0843. The molecular formula is C14H16N2O4S. The molecule has 0 bridgehead atoms. The van der Waals surface area contributed by atoms with E-state index in [0.29, 0.717) is 23.5 Å². The molecule has 0 spiro atoms. The molecule has 1 aliphatic rings. The van der Waals surface area contributed by atoms with E-state index in [1.165, 1.54) is 23.8 Å². The van der Waals surface area contributed by atoms with Crippen molar-refractivity contribution in [3.63, 3.8) is 0 Å². The maximum Gasteiger partial charge on any atom is 0.325 e. The molecule has 1 aliphatic heterocycles. The highest BCUT2D eigenvalue weighted by Crippen LogP contribution is 2.32. The van der Waals surface area contributed by atoms with E-state index in [9.17, 15) is 14.4 Å². The lowest BCUT2D eigenvalue weighted by molar-refractivity contribution is -0.141. The summed E-state index contributed by atoms with van der Waals surface area (Å²) < 4.78 is 4.58. The number of nitrogens with one attached hydrogen (secondary N) is 1. The number of methoxy groups -OCH3 is 1. The van der Waals surface area contributed by atoms with E-state index in [4.69, 9.17) is 0 Å². The summed E-state index contributed by atoms with van der Waals surface area (Å²) in [6, 6.07) is 5.14. The first kappa shape index (κ1) is 15.4. The van der Waals surface area contributed by atoms with Gasteiger partial charge in [0.25, 0.3) is 5.91 Å². The van der Waals surface area contributed by atoms with Crippen LogP contribution in [0, 0.1) is 0 Å². The van der Waals surface area contributed by atoms with Crippen LogP contribution in [0.3, 0.4) is 0 Å². The number of benzene rings is 1. The van der Waals surface area contributed by atoms with Crippen LogP contribution in [0.4, 0.5) is 5.69 Å². The molecule has 0 atom stereocenters. The van der Waals surface area contributed by atoms with Crippen molar-refractivity contribution in [1.82, 2.24) is 4.90 Å². The van der Waals surface area contributed by atoms with E-state index >= 15 is 0 Å². The van der Waals surface area contributed by atoms with Gasteiger partial charge in [-0.15, -0.1) is 11.8 Å². The van der Waals surface area contributed by atoms with Crippen LogP contribution in [-0.4, -0.2) is 48.6 Å². The summed E-state index contributed by atoms with van der Waals surface area (Å²) in [5.74, 6) is -0.439. The highest BCUT2D eigenvalue weighted by molar-refractivity contribution is 8.00. The number of hydrogen-bond donors (Lipinski definition) is 1. The molecule has 1 aromatic rings. The highest BCUT2D eigenvalue weighted by atomic mass is 32.2. The molecule has 0 saturated heterocycles. The average Bonchev–Trinajstić information content (AvgIpc) is 2.50. The summed E-state index contributed by atoms with van der Waals surface area (Å²) in [5, 5.41) is 2.74. The van der Waals surface area contributed by atoms with Gasteiger partial charge >= 0.3 is 5.97 Å². The summed E-state index contributed by atoms with van der Waals surface area (Å²) in [6.07, 6.45) is 0. The second kappa shape index (κ2) is 6.62. The quantitative estimate of drug-likeness (QED) is 0.850. The molecule has 0 radical (unpaired) electrons. The molecule has 2 amide bonds. The van der Waals surface area contributed by atoms with Crippen LogP contribution in [0.2, 0.25) is 0 Å². The second-order valence-electron chi connectivity index (χ2n) is 4.44. The fourth-order valence-electron chi connectivity index (χ4n) is 1.95. The Morgan fingerprint density at radius 2 is 2.19 bits per heavy atom. The van der Waals surface area contributed by atoms with Gasteiger partial charge in [-0.1, -0.05) is 0 Å². The van der Waals surface area contributed by atoms with Gasteiger partial charge in [-0.05, 0) is 25.1 Å². The zero-order valence-corrected chi connectivity index (χ0v) is 12.7. The van der Waals surface area contributed by atoms with Gasteiger partial charge < -0.3 is 15.0 Å². The fourth-order valence-corrected chi connectivity index (χ4v) is 2.73. The molecule has 1 heterocycles. The van der Waals surface area contributed by atoms with Crippen LogP contribution in [0.15, 0.2) is 23.1 Å². The van der Waals surface area contributed by atoms with Gasteiger partial charge in [0.2, 0.25) is 5.91 Å². The van der Waals surface area contributed by atoms with Gasteiger partial charge in [0.1, 0.15) is 6.54 Å². The van der Waals surface area contributed by atoms with Crippen LogP contribution in [-0.2, 0) is 14.3 Å². The zero-order valence-electron chi connectivity index (χ0n) is 11.8. The summed E-state index contributed by atoms with van der Waals surface area (Å²) in [6.45, 7) is 2.09. The molecule has 0 aliphatic carbocycles. The Hall–Kier alpha value is -2.02. The minimum Gasteiger partial charge on any atom is -0.468 e. The molecule has 0 unspecified atom stereocenters. The lowest BCUT2D eigenvalue weighted by atomic mass is 10.1. The number of likely N-dealkylation sites (N-methyl/N-ethyl adjacent to an activating group) is 1. The normalized spacial score (nSPS) is 13.1. The standard InChI is InChI=1S/C14H16N2O4S/c1-3-16(7-13(18)20-2)14(19)9-4-5-11-10(6-9)15-12(17)8-21-11/h4-6H,3,7-8H2,1-2H3,(H,15,17).